The smallest absolute Gasteiger partial charge is 0.364 e. The van der Waals surface area contributed by atoms with Gasteiger partial charge in [0.1, 0.15) is 11.8 Å². The molecular weight excluding hydrogens is 551 g/mol. The van der Waals surface area contributed by atoms with Crippen molar-refractivity contribution in [3.63, 3.8) is 0 Å². The molecule has 222 valence electrons. The quantitative estimate of drug-likeness (QED) is 0.306. The Morgan fingerprint density at radius 2 is 1.83 bits per heavy atom. The molecular formula is C27H31F5N6O3. The average molecular weight is 583 g/mol. The third-order valence-electron chi connectivity index (χ3n) is 7.83. The minimum Gasteiger partial charge on any atom is -0.364 e. The van der Waals surface area contributed by atoms with Crippen molar-refractivity contribution in [3.05, 3.63) is 47.2 Å². The second kappa shape index (κ2) is 11.4. The first-order valence-electron chi connectivity index (χ1n) is 13.8. The van der Waals surface area contributed by atoms with Gasteiger partial charge in [-0.25, -0.2) is 18.3 Å². The van der Waals surface area contributed by atoms with Crippen LogP contribution in [0.5, 0.6) is 0 Å². The van der Waals surface area contributed by atoms with E-state index >= 15 is 0 Å². The third kappa shape index (κ3) is 7.02. The van der Waals surface area contributed by atoms with Crippen LogP contribution in [-0.2, 0) is 11.2 Å². The zero-order valence-corrected chi connectivity index (χ0v) is 22.4. The van der Waals surface area contributed by atoms with Crippen molar-refractivity contribution in [1.29, 1.82) is 0 Å². The highest BCUT2D eigenvalue weighted by Crippen LogP contribution is 2.43. The topological polar surface area (TPSA) is 114 Å². The SMILES string of the molecule is CCc1nocc1C(=O)N[C@H](c1cn2ncc([C@H](NC(=O)CCC(F)(F)F)C3CC3)cc2n1)C1CCC(F)(F)CC1. The van der Waals surface area contributed by atoms with E-state index < -0.39 is 48.8 Å². The van der Waals surface area contributed by atoms with Crippen molar-refractivity contribution >= 4 is 17.5 Å². The van der Waals surface area contributed by atoms with Gasteiger partial charge >= 0.3 is 6.18 Å². The fraction of sp³-hybridized carbons (Fsp3) is 0.593. The number of alkyl halides is 5. The van der Waals surface area contributed by atoms with Gasteiger partial charge in [-0.15, -0.1) is 0 Å². The van der Waals surface area contributed by atoms with Gasteiger partial charge in [0.05, 0.1) is 42.3 Å². The molecule has 2 aliphatic carbocycles. The van der Waals surface area contributed by atoms with Crippen LogP contribution in [0, 0.1) is 11.8 Å². The Kier molecular flexibility index (Phi) is 8.02. The molecule has 2 N–H and O–H groups in total. The first-order chi connectivity index (χ1) is 19.4. The summed E-state index contributed by atoms with van der Waals surface area (Å²) >= 11 is 0. The summed E-state index contributed by atoms with van der Waals surface area (Å²) in [5.74, 6) is -4.13. The molecule has 2 atom stereocenters. The first kappa shape index (κ1) is 28.9. The van der Waals surface area contributed by atoms with Gasteiger partial charge in [0.25, 0.3) is 5.91 Å². The fourth-order valence-electron chi connectivity index (χ4n) is 5.38. The zero-order chi connectivity index (χ0) is 29.4. The zero-order valence-electron chi connectivity index (χ0n) is 22.4. The molecule has 2 aliphatic rings. The van der Waals surface area contributed by atoms with Gasteiger partial charge in [0.2, 0.25) is 11.8 Å². The van der Waals surface area contributed by atoms with Crippen molar-refractivity contribution in [2.24, 2.45) is 11.8 Å². The van der Waals surface area contributed by atoms with Crippen molar-refractivity contribution in [2.75, 3.05) is 0 Å². The number of aromatic nitrogens is 4. The summed E-state index contributed by atoms with van der Waals surface area (Å²) in [6.07, 6.45) is -0.0183. The van der Waals surface area contributed by atoms with Gasteiger partial charge in [-0.3, -0.25) is 9.59 Å². The van der Waals surface area contributed by atoms with Crippen LogP contribution in [0.3, 0.4) is 0 Å². The standard InChI is InChI=1S/C27H31F5N6O3/c1-2-19-18(14-41-37-19)25(40)36-24(16-5-8-26(28,29)9-6-16)20-13-38-21(34-20)11-17(12-33-38)23(15-3-4-15)35-22(39)7-10-27(30,31)32/h11-16,23-24H,2-10H2,1H3,(H,35,39)(H,36,40)/t23-,24+/m1/s1. The molecule has 0 radical (unpaired) electrons. The molecule has 3 aromatic rings. The molecule has 0 spiro atoms. The number of nitrogens with one attached hydrogen (secondary N) is 2. The Hall–Kier alpha value is -3.58. The Bertz CT molecular complexity index is 1390. The summed E-state index contributed by atoms with van der Waals surface area (Å²) in [4.78, 5) is 30.1. The Balaban J connectivity index is 1.40. The molecule has 0 bridgehead atoms. The normalized spacial score (nSPS) is 19.2. The number of halogens is 5. The summed E-state index contributed by atoms with van der Waals surface area (Å²) in [5.41, 5.74) is 2.17. The molecule has 2 amide bonds. The lowest BCUT2D eigenvalue weighted by molar-refractivity contribution is -0.144. The Morgan fingerprint density at radius 1 is 1.12 bits per heavy atom. The number of fused-ring (bicyclic) bond motifs is 1. The van der Waals surface area contributed by atoms with E-state index in [1.54, 1.807) is 12.3 Å². The van der Waals surface area contributed by atoms with Crippen molar-refractivity contribution in [1.82, 2.24) is 30.4 Å². The number of amides is 2. The van der Waals surface area contributed by atoms with Crippen molar-refractivity contribution < 1.29 is 36.1 Å². The number of carbonyl (C=O) groups excluding carboxylic acids is 2. The maximum Gasteiger partial charge on any atom is 0.389 e. The first-order valence-corrected chi connectivity index (χ1v) is 13.8. The number of aryl methyl sites for hydroxylation is 1. The van der Waals surface area contributed by atoms with E-state index in [9.17, 15) is 31.5 Å². The number of hydrogen-bond acceptors (Lipinski definition) is 6. The number of nitrogens with zero attached hydrogens (tertiary/aromatic N) is 4. The van der Waals surface area contributed by atoms with Crippen LogP contribution >= 0.6 is 0 Å². The predicted molar refractivity (Wildman–Crippen MR) is 135 cm³/mol. The lowest BCUT2D eigenvalue weighted by Gasteiger charge is -2.33. The van der Waals surface area contributed by atoms with Crippen LogP contribution in [0.15, 0.2) is 29.2 Å². The number of imidazole rings is 1. The molecule has 0 aliphatic heterocycles. The van der Waals surface area contributed by atoms with Crippen LogP contribution in [0.2, 0.25) is 0 Å². The second-order valence-electron chi connectivity index (χ2n) is 10.9. The van der Waals surface area contributed by atoms with Crippen LogP contribution in [0.1, 0.15) is 97.7 Å². The van der Waals surface area contributed by atoms with Gasteiger partial charge in [0, 0.05) is 19.3 Å². The average Bonchev–Trinajstić information content (AvgIpc) is 3.48. The number of carbonyl (C=O) groups is 2. The molecule has 3 heterocycles. The van der Waals surface area contributed by atoms with Crippen molar-refractivity contribution in [2.45, 2.75) is 88.9 Å². The van der Waals surface area contributed by atoms with E-state index in [1.807, 2.05) is 6.92 Å². The van der Waals surface area contributed by atoms with E-state index in [4.69, 9.17) is 4.52 Å². The summed E-state index contributed by atoms with van der Waals surface area (Å²) in [6, 6.07) is 0.502. The molecule has 3 aromatic heterocycles. The largest absolute Gasteiger partial charge is 0.389 e. The van der Waals surface area contributed by atoms with E-state index in [0.717, 1.165) is 12.8 Å². The van der Waals surface area contributed by atoms with Gasteiger partial charge in [-0.2, -0.15) is 18.3 Å². The van der Waals surface area contributed by atoms with Gasteiger partial charge in [0.15, 0.2) is 5.65 Å². The minimum absolute atomic E-state index is 0.0794. The van der Waals surface area contributed by atoms with Gasteiger partial charge in [-0.05, 0) is 55.6 Å². The molecule has 14 heteroatoms. The summed E-state index contributed by atoms with van der Waals surface area (Å²) in [7, 11) is 0. The maximum absolute atomic E-state index is 14.0. The van der Waals surface area contributed by atoms with Crippen LogP contribution < -0.4 is 10.6 Å². The number of rotatable bonds is 10. The van der Waals surface area contributed by atoms with E-state index in [0.29, 0.717) is 29.0 Å². The summed E-state index contributed by atoms with van der Waals surface area (Å²) in [5, 5.41) is 13.9. The molecule has 2 saturated carbocycles. The lowest BCUT2D eigenvalue weighted by atomic mass is 9.81. The third-order valence-corrected chi connectivity index (χ3v) is 7.83. The lowest BCUT2D eigenvalue weighted by Crippen LogP contribution is -2.37. The highest BCUT2D eigenvalue weighted by molar-refractivity contribution is 5.95. The van der Waals surface area contributed by atoms with E-state index in [2.05, 4.69) is 25.9 Å². The Morgan fingerprint density at radius 3 is 2.49 bits per heavy atom. The molecule has 41 heavy (non-hydrogen) atoms. The fourth-order valence-corrected chi connectivity index (χ4v) is 5.38. The highest BCUT2D eigenvalue weighted by atomic mass is 19.4. The van der Waals surface area contributed by atoms with Crippen LogP contribution in [0.25, 0.3) is 5.65 Å². The molecule has 9 nitrogen and oxygen atoms in total. The van der Waals surface area contributed by atoms with Crippen LogP contribution in [-0.4, -0.2) is 43.7 Å². The second-order valence-corrected chi connectivity index (χ2v) is 10.9. The van der Waals surface area contributed by atoms with Gasteiger partial charge in [-0.1, -0.05) is 12.1 Å². The number of hydrogen-bond donors (Lipinski definition) is 2. The molecule has 0 aromatic carbocycles. The van der Waals surface area contributed by atoms with E-state index in [1.165, 1.54) is 17.0 Å². The summed E-state index contributed by atoms with van der Waals surface area (Å²) < 4.78 is 72.1. The minimum atomic E-state index is -4.43. The molecule has 0 saturated heterocycles. The van der Waals surface area contributed by atoms with Crippen molar-refractivity contribution in [3.8, 4) is 0 Å². The monoisotopic (exact) mass is 582 g/mol. The van der Waals surface area contributed by atoms with E-state index in [-0.39, 0.29) is 43.1 Å². The van der Waals surface area contributed by atoms with Crippen LogP contribution in [0.4, 0.5) is 22.0 Å². The molecule has 2 fully saturated rings. The van der Waals surface area contributed by atoms with Gasteiger partial charge < -0.3 is 15.2 Å². The molecule has 0 unspecified atom stereocenters. The molecule has 5 rings (SSSR count). The highest BCUT2D eigenvalue weighted by Gasteiger charge is 2.40. The Labute approximate surface area is 232 Å². The summed E-state index contributed by atoms with van der Waals surface area (Å²) in [6.45, 7) is 1.83. The predicted octanol–water partition coefficient (Wildman–Crippen LogP) is 5.49. The maximum atomic E-state index is 14.0.